The monoisotopic (exact) mass is 425 g/mol. The lowest BCUT2D eigenvalue weighted by Crippen LogP contribution is -2.35. The van der Waals surface area contributed by atoms with Gasteiger partial charge in [-0.25, -0.2) is 9.48 Å². The Morgan fingerprint density at radius 2 is 1.84 bits per heavy atom. The van der Waals surface area contributed by atoms with E-state index in [-0.39, 0.29) is 29.9 Å². The summed E-state index contributed by atoms with van der Waals surface area (Å²) in [6.45, 7) is 9.94. The molecule has 7 heteroatoms. The average molecular weight is 426 g/mol. The molecule has 0 saturated carbocycles. The molecule has 1 amide bonds. The number of hydrogen-bond donors (Lipinski definition) is 2. The summed E-state index contributed by atoms with van der Waals surface area (Å²) in [6, 6.07) is 8.40. The number of carbonyl (C=O) groups is 2. The molecule has 166 valence electrons. The van der Waals surface area contributed by atoms with Crippen LogP contribution in [0.5, 0.6) is 0 Å². The molecule has 1 aromatic heterocycles. The first-order valence-corrected chi connectivity index (χ1v) is 10.5. The lowest BCUT2D eigenvalue weighted by molar-refractivity contribution is -0.143. The smallest absolute Gasteiger partial charge is 0.329 e. The molecule has 1 heterocycles. The number of amides is 1. The predicted octanol–water partition coefficient (Wildman–Crippen LogP) is 3.42. The minimum Gasteiger partial charge on any atom is -0.480 e. The van der Waals surface area contributed by atoms with Crippen LogP contribution in [0.15, 0.2) is 36.4 Å². The van der Waals surface area contributed by atoms with E-state index in [1.165, 1.54) is 11.1 Å². The SMILES string of the molecule is Cc1nn(-c2ccc(C(C)(C)C)cc2)c(C)c1C1C=CC(NC(=O)COCC(=O)O)C1. The number of nitrogens with one attached hydrogen (secondary N) is 1. The second-order valence-electron chi connectivity index (χ2n) is 9.08. The molecule has 2 unspecified atom stereocenters. The number of ether oxygens (including phenoxy) is 1. The molecule has 2 atom stereocenters. The molecule has 2 aromatic rings. The van der Waals surface area contributed by atoms with E-state index in [2.05, 4.69) is 63.4 Å². The number of rotatable bonds is 7. The van der Waals surface area contributed by atoms with E-state index in [1.54, 1.807) is 0 Å². The molecule has 3 rings (SSSR count). The van der Waals surface area contributed by atoms with Gasteiger partial charge in [0.05, 0.1) is 11.4 Å². The molecule has 0 spiro atoms. The highest BCUT2D eigenvalue weighted by atomic mass is 16.5. The van der Waals surface area contributed by atoms with Crippen molar-refractivity contribution in [3.05, 3.63) is 58.9 Å². The maximum absolute atomic E-state index is 12.0. The van der Waals surface area contributed by atoms with Gasteiger partial charge in [-0.05, 0) is 43.4 Å². The van der Waals surface area contributed by atoms with Crippen LogP contribution in [0, 0.1) is 13.8 Å². The van der Waals surface area contributed by atoms with Crippen molar-refractivity contribution < 1.29 is 19.4 Å². The molecule has 0 bridgehead atoms. The van der Waals surface area contributed by atoms with Gasteiger partial charge in [-0.2, -0.15) is 5.10 Å². The number of aliphatic carboxylic acids is 1. The highest BCUT2D eigenvalue weighted by molar-refractivity contribution is 5.78. The normalized spacial score (nSPS) is 18.4. The predicted molar refractivity (Wildman–Crippen MR) is 119 cm³/mol. The summed E-state index contributed by atoms with van der Waals surface area (Å²) < 4.78 is 6.83. The van der Waals surface area contributed by atoms with Gasteiger partial charge in [-0.15, -0.1) is 0 Å². The first-order valence-electron chi connectivity index (χ1n) is 10.5. The molecule has 31 heavy (non-hydrogen) atoms. The summed E-state index contributed by atoms with van der Waals surface area (Å²) in [5.41, 5.74) is 5.65. The molecular weight excluding hydrogens is 394 g/mol. The molecule has 2 N–H and O–H groups in total. The molecule has 1 aliphatic rings. The van der Waals surface area contributed by atoms with Crippen molar-refractivity contribution in [2.24, 2.45) is 0 Å². The van der Waals surface area contributed by atoms with E-state index in [0.29, 0.717) is 0 Å². The summed E-state index contributed by atoms with van der Waals surface area (Å²) in [4.78, 5) is 22.4. The van der Waals surface area contributed by atoms with Gasteiger partial charge in [-0.1, -0.05) is 45.1 Å². The molecule has 1 aliphatic carbocycles. The highest BCUT2D eigenvalue weighted by Gasteiger charge is 2.27. The largest absolute Gasteiger partial charge is 0.480 e. The number of carboxylic acid groups (broad SMARTS) is 1. The second-order valence-corrected chi connectivity index (χ2v) is 9.08. The zero-order valence-electron chi connectivity index (χ0n) is 18.8. The zero-order chi connectivity index (χ0) is 22.8. The number of carbonyl (C=O) groups excluding carboxylic acids is 1. The molecule has 0 fully saturated rings. The van der Waals surface area contributed by atoms with E-state index in [1.807, 2.05) is 17.7 Å². The van der Waals surface area contributed by atoms with E-state index in [9.17, 15) is 9.59 Å². The van der Waals surface area contributed by atoms with Crippen molar-refractivity contribution in [2.45, 2.75) is 58.4 Å². The molecular formula is C24H31N3O4. The number of carboxylic acids is 1. The number of aryl methyl sites for hydroxylation is 1. The third-order valence-corrected chi connectivity index (χ3v) is 5.58. The number of hydrogen-bond acceptors (Lipinski definition) is 4. The first kappa shape index (κ1) is 22.7. The Balaban J connectivity index is 1.68. The highest BCUT2D eigenvalue weighted by Crippen LogP contribution is 2.34. The van der Waals surface area contributed by atoms with E-state index in [0.717, 1.165) is 23.5 Å². The van der Waals surface area contributed by atoms with Crippen molar-refractivity contribution in [1.82, 2.24) is 15.1 Å². The van der Waals surface area contributed by atoms with Crippen LogP contribution in [-0.4, -0.2) is 46.0 Å². The summed E-state index contributed by atoms with van der Waals surface area (Å²) in [5.74, 6) is -1.25. The van der Waals surface area contributed by atoms with Gasteiger partial charge in [0, 0.05) is 23.2 Å². The summed E-state index contributed by atoms with van der Waals surface area (Å²) >= 11 is 0. The third kappa shape index (κ3) is 5.41. The minimum atomic E-state index is -1.09. The summed E-state index contributed by atoms with van der Waals surface area (Å²) in [6.07, 6.45) is 4.82. The van der Waals surface area contributed by atoms with Crippen molar-refractivity contribution in [1.29, 1.82) is 0 Å². The standard InChI is InChI=1S/C24H31N3O4/c1-15-23(17-6-9-19(12-17)25-21(28)13-31-14-22(29)30)16(2)27(26-15)20-10-7-18(8-11-20)24(3,4)5/h6-11,17,19H,12-14H2,1-5H3,(H,25,28)(H,29,30). The number of allylic oxidation sites excluding steroid dienone is 1. The topological polar surface area (TPSA) is 93.5 Å². The van der Waals surface area contributed by atoms with E-state index >= 15 is 0 Å². The lowest BCUT2D eigenvalue weighted by atomic mass is 9.87. The fourth-order valence-corrected chi connectivity index (χ4v) is 4.04. The van der Waals surface area contributed by atoms with Gasteiger partial charge in [-0.3, -0.25) is 4.79 Å². The third-order valence-electron chi connectivity index (χ3n) is 5.58. The Morgan fingerprint density at radius 3 is 2.45 bits per heavy atom. The molecule has 7 nitrogen and oxygen atoms in total. The van der Waals surface area contributed by atoms with Gasteiger partial charge in [0.15, 0.2) is 0 Å². The first-order chi connectivity index (χ1) is 14.6. The maximum Gasteiger partial charge on any atom is 0.329 e. The number of aromatic nitrogens is 2. The maximum atomic E-state index is 12.0. The summed E-state index contributed by atoms with van der Waals surface area (Å²) in [7, 11) is 0. The molecule has 0 saturated heterocycles. The fourth-order valence-electron chi connectivity index (χ4n) is 4.04. The molecule has 1 aromatic carbocycles. The van der Waals surface area contributed by atoms with Crippen molar-refractivity contribution in [3.63, 3.8) is 0 Å². The lowest BCUT2D eigenvalue weighted by Gasteiger charge is -2.19. The van der Waals surface area contributed by atoms with Gasteiger partial charge in [0.2, 0.25) is 5.91 Å². The number of nitrogens with zero attached hydrogens (tertiary/aromatic N) is 2. The van der Waals surface area contributed by atoms with Crippen LogP contribution in [0.25, 0.3) is 5.69 Å². The van der Waals surface area contributed by atoms with E-state index < -0.39 is 12.6 Å². The zero-order valence-corrected chi connectivity index (χ0v) is 18.8. The Kier molecular flexibility index (Phi) is 6.65. The van der Waals surface area contributed by atoms with Crippen LogP contribution in [0.1, 0.15) is 55.6 Å². The Hall–Kier alpha value is -2.93. The Labute approximate surface area is 183 Å². The number of benzene rings is 1. The Morgan fingerprint density at radius 1 is 1.16 bits per heavy atom. The van der Waals surface area contributed by atoms with Gasteiger partial charge < -0.3 is 15.2 Å². The quantitative estimate of drug-likeness (QED) is 0.663. The van der Waals surface area contributed by atoms with E-state index in [4.69, 9.17) is 14.9 Å². The Bertz CT molecular complexity index is 983. The van der Waals surface area contributed by atoms with Crippen LogP contribution in [0.3, 0.4) is 0 Å². The van der Waals surface area contributed by atoms with Crippen LogP contribution in [0.2, 0.25) is 0 Å². The van der Waals surface area contributed by atoms with Crippen LogP contribution < -0.4 is 5.32 Å². The minimum absolute atomic E-state index is 0.103. The van der Waals surface area contributed by atoms with Crippen molar-refractivity contribution in [3.8, 4) is 5.69 Å². The van der Waals surface area contributed by atoms with Gasteiger partial charge >= 0.3 is 5.97 Å². The summed E-state index contributed by atoms with van der Waals surface area (Å²) in [5, 5.41) is 16.2. The van der Waals surface area contributed by atoms with Crippen LogP contribution >= 0.6 is 0 Å². The molecule has 0 radical (unpaired) electrons. The van der Waals surface area contributed by atoms with Crippen LogP contribution in [0.4, 0.5) is 0 Å². The molecule has 0 aliphatic heterocycles. The fraction of sp³-hybridized carbons (Fsp3) is 0.458. The van der Waals surface area contributed by atoms with Gasteiger partial charge in [0.1, 0.15) is 13.2 Å². The van der Waals surface area contributed by atoms with Crippen molar-refractivity contribution >= 4 is 11.9 Å². The van der Waals surface area contributed by atoms with Gasteiger partial charge in [0.25, 0.3) is 0 Å². The second kappa shape index (κ2) is 9.06. The van der Waals surface area contributed by atoms with Crippen molar-refractivity contribution in [2.75, 3.05) is 13.2 Å². The van der Waals surface area contributed by atoms with Crippen LogP contribution in [-0.2, 0) is 19.7 Å². The average Bonchev–Trinajstić information content (AvgIpc) is 3.24.